The third kappa shape index (κ3) is 3.04. The zero-order chi connectivity index (χ0) is 13.0. The van der Waals surface area contributed by atoms with Crippen LogP contribution in [0.2, 0.25) is 0 Å². The first-order valence-electron chi connectivity index (χ1n) is 5.28. The highest BCUT2D eigenvalue weighted by Crippen LogP contribution is 2.28. The number of oxazole rings is 1. The fourth-order valence-electron chi connectivity index (χ4n) is 1.22. The van der Waals surface area contributed by atoms with E-state index in [0.29, 0.717) is 11.8 Å². The van der Waals surface area contributed by atoms with Gasteiger partial charge >= 0.3 is 5.97 Å². The summed E-state index contributed by atoms with van der Waals surface area (Å²) in [5.74, 6) is -0.308. The molecule has 0 saturated carbocycles. The van der Waals surface area contributed by atoms with E-state index in [0.717, 1.165) is 4.90 Å². The van der Waals surface area contributed by atoms with Crippen molar-refractivity contribution in [1.29, 1.82) is 0 Å². The number of ether oxygens (including phenoxy) is 1. The molecule has 5 nitrogen and oxygen atoms in total. The molecule has 0 bridgehead atoms. The Balaban J connectivity index is 2.06. The molecule has 6 heteroatoms. The summed E-state index contributed by atoms with van der Waals surface area (Å²) in [4.78, 5) is 16.2. The molecule has 0 fully saturated rings. The number of aromatic hydroxyl groups is 1. The van der Waals surface area contributed by atoms with Gasteiger partial charge in [-0.1, -0.05) is 0 Å². The summed E-state index contributed by atoms with van der Waals surface area (Å²) in [6.45, 7) is 2.02. The summed E-state index contributed by atoms with van der Waals surface area (Å²) < 4.78 is 9.96. The van der Waals surface area contributed by atoms with Crippen molar-refractivity contribution in [2.45, 2.75) is 17.0 Å². The summed E-state index contributed by atoms with van der Waals surface area (Å²) in [5, 5.41) is 9.50. The highest BCUT2D eigenvalue weighted by atomic mass is 32.2. The topological polar surface area (TPSA) is 72.6 Å². The van der Waals surface area contributed by atoms with Gasteiger partial charge in [-0.25, -0.2) is 4.79 Å². The minimum absolute atomic E-state index is 0.151. The van der Waals surface area contributed by atoms with E-state index in [1.54, 1.807) is 31.2 Å². The quantitative estimate of drug-likeness (QED) is 0.857. The smallest absolute Gasteiger partial charge is 0.360 e. The molecule has 0 spiro atoms. The lowest BCUT2D eigenvalue weighted by atomic mass is 10.3. The third-order valence-corrected chi connectivity index (χ3v) is 2.88. The van der Waals surface area contributed by atoms with E-state index in [1.165, 1.54) is 18.0 Å². The molecule has 18 heavy (non-hydrogen) atoms. The van der Waals surface area contributed by atoms with Crippen LogP contribution in [0.3, 0.4) is 0 Å². The van der Waals surface area contributed by atoms with Crippen LogP contribution in [-0.2, 0) is 4.74 Å². The number of aromatic nitrogens is 1. The molecular formula is C12H11NO4S. The van der Waals surface area contributed by atoms with E-state index in [4.69, 9.17) is 14.3 Å². The fraction of sp³-hybridized carbons (Fsp3) is 0.167. The van der Waals surface area contributed by atoms with Crippen molar-refractivity contribution in [3.8, 4) is 5.75 Å². The van der Waals surface area contributed by atoms with Crippen molar-refractivity contribution in [3.05, 3.63) is 36.2 Å². The van der Waals surface area contributed by atoms with Gasteiger partial charge in [0.2, 0.25) is 0 Å². The molecule has 0 amide bonds. The molecule has 0 aliphatic carbocycles. The molecule has 2 aromatic rings. The van der Waals surface area contributed by atoms with Crippen molar-refractivity contribution in [3.63, 3.8) is 0 Å². The molecule has 0 aliphatic rings. The molecule has 0 atom stereocenters. The predicted octanol–water partition coefficient (Wildman–Crippen LogP) is 2.71. The predicted molar refractivity (Wildman–Crippen MR) is 64.7 cm³/mol. The number of carbonyl (C=O) groups is 1. The monoisotopic (exact) mass is 265 g/mol. The van der Waals surface area contributed by atoms with Gasteiger partial charge in [0, 0.05) is 4.90 Å². The van der Waals surface area contributed by atoms with Crippen LogP contribution >= 0.6 is 11.8 Å². The summed E-state index contributed by atoms with van der Waals surface area (Å²) in [5.41, 5.74) is 0.151. The van der Waals surface area contributed by atoms with Crippen molar-refractivity contribution in [2.75, 3.05) is 6.61 Å². The number of benzene rings is 1. The molecule has 1 aromatic heterocycles. The number of hydrogen-bond acceptors (Lipinski definition) is 6. The lowest BCUT2D eigenvalue weighted by Gasteiger charge is -1.97. The Kier molecular flexibility index (Phi) is 3.88. The molecule has 94 valence electrons. The Morgan fingerprint density at radius 1 is 1.44 bits per heavy atom. The first kappa shape index (κ1) is 12.5. The highest BCUT2D eigenvalue weighted by Gasteiger charge is 2.13. The Labute approximate surface area is 108 Å². The lowest BCUT2D eigenvalue weighted by molar-refractivity contribution is 0.0519. The number of phenolic OH excluding ortho intramolecular Hbond substituents is 1. The normalized spacial score (nSPS) is 10.3. The van der Waals surface area contributed by atoms with E-state index < -0.39 is 5.97 Å². The van der Waals surface area contributed by atoms with Crippen LogP contribution in [0.25, 0.3) is 0 Å². The fourth-order valence-corrected chi connectivity index (χ4v) is 1.93. The molecule has 1 aromatic carbocycles. The van der Waals surface area contributed by atoms with E-state index in [1.807, 2.05) is 0 Å². The van der Waals surface area contributed by atoms with E-state index in [9.17, 15) is 4.79 Å². The van der Waals surface area contributed by atoms with Gasteiger partial charge in [-0.15, -0.1) is 0 Å². The number of esters is 1. The Bertz CT molecular complexity index is 535. The average Bonchev–Trinajstić information content (AvgIpc) is 2.81. The molecule has 1 heterocycles. The minimum Gasteiger partial charge on any atom is -0.508 e. The maximum atomic E-state index is 11.4. The van der Waals surface area contributed by atoms with Crippen LogP contribution in [0.4, 0.5) is 0 Å². The molecule has 1 N–H and O–H groups in total. The summed E-state index contributed by atoms with van der Waals surface area (Å²) >= 11 is 1.26. The second kappa shape index (κ2) is 5.59. The first-order chi connectivity index (χ1) is 8.69. The second-order valence-electron chi connectivity index (χ2n) is 3.32. The minimum atomic E-state index is -0.501. The van der Waals surface area contributed by atoms with Gasteiger partial charge in [0.1, 0.15) is 12.0 Å². The first-order valence-corrected chi connectivity index (χ1v) is 6.10. The summed E-state index contributed by atoms with van der Waals surface area (Å²) in [7, 11) is 0. The van der Waals surface area contributed by atoms with Gasteiger partial charge in [-0.3, -0.25) is 0 Å². The van der Waals surface area contributed by atoms with Crippen molar-refractivity contribution >= 4 is 17.7 Å². The zero-order valence-electron chi connectivity index (χ0n) is 9.62. The lowest BCUT2D eigenvalue weighted by Crippen LogP contribution is -2.04. The van der Waals surface area contributed by atoms with Gasteiger partial charge < -0.3 is 14.3 Å². The number of hydrogen-bond donors (Lipinski definition) is 1. The van der Waals surface area contributed by atoms with Gasteiger partial charge in [0.05, 0.1) is 6.61 Å². The number of nitrogens with zero attached hydrogens (tertiary/aromatic N) is 1. The molecule has 2 rings (SSSR count). The van der Waals surface area contributed by atoms with Gasteiger partial charge in [0.15, 0.2) is 5.69 Å². The SMILES string of the molecule is CCOC(=O)c1coc(Sc2ccc(O)cc2)n1. The molecule has 0 radical (unpaired) electrons. The van der Waals surface area contributed by atoms with Gasteiger partial charge in [0.25, 0.3) is 5.22 Å². The second-order valence-corrected chi connectivity index (χ2v) is 4.34. The third-order valence-electron chi connectivity index (χ3n) is 2.01. The van der Waals surface area contributed by atoms with E-state index >= 15 is 0 Å². The van der Waals surface area contributed by atoms with Crippen LogP contribution in [-0.4, -0.2) is 22.7 Å². The average molecular weight is 265 g/mol. The van der Waals surface area contributed by atoms with Crippen LogP contribution in [0.5, 0.6) is 5.75 Å². The maximum Gasteiger partial charge on any atom is 0.360 e. The highest BCUT2D eigenvalue weighted by molar-refractivity contribution is 7.99. The number of carbonyl (C=O) groups excluding carboxylic acids is 1. The van der Waals surface area contributed by atoms with Crippen molar-refractivity contribution < 1.29 is 19.1 Å². The largest absolute Gasteiger partial charge is 0.508 e. The number of rotatable bonds is 4. The summed E-state index contributed by atoms with van der Waals surface area (Å²) in [6.07, 6.45) is 1.26. The summed E-state index contributed by atoms with van der Waals surface area (Å²) in [6, 6.07) is 6.59. The zero-order valence-corrected chi connectivity index (χ0v) is 10.4. The molecular weight excluding hydrogens is 254 g/mol. The Hall–Kier alpha value is -1.95. The molecule has 0 saturated heterocycles. The van der Waals surface area contributed by atoms with E-state index in [-0.39, 0.29) is 11.4 Å². The Morgan fingerprint density at radius 2 is 2.17 bits per heavy atom. The van der Waals surface area contributed by atoms with Gasteiger partial charge in [-0.05, 0) is 43.0 Å². The van der Waals surface area contributed by atoms with Crippen LogP contribution in [0, 0.1) is 0 Å². The van der Waals surface area contributed by atoms with Crippen LogP contribution in [0.15, 0.2) is 45.1 Å². The Morgan fingerprint density at radius 3 is 2.83 bits per heavy atom. The number of phenols is 1. The molecule has 0 aliphatic heterocycles. The van der Waals surface area contributed by atoms with Crippen molar-refractivity contribution in [1.82, 2.24) is 4.98 Å². The standard InChI is InChI=1S/C12H11NO4S/c1-2-16-11(15)10-7-17-12(13-10)18-9-5-3-8(14)4-6-9/h3-7,14H,2H2,1H3. The van der Waals surface area contributed by atoms with Gasteiger partial charge in [-0.2, -0.15) is 4.98 Å². The van der Waals surface area contributed by atoms with Crippen LogP contribution in [0.1, 0.15) is 17.4 Å². The van der Waals surface area contributed by atoms with Crippen molar-refractivity contribution in [2.24, 2.45) is 0 Å². The van der Waals surface area contributed by atoms with E-state index in [2.05, 4.69) is 4.98 Å². The maximum absolute atomic E-state index is 11.4. The van der Waals surface area contributed by atoms with Crippen LogP contribution < -0.4 is 0 Å². The molecule has 0 unspecified atom stereocenters.